The largest absolute Gasteiger partial charge is 0.497 e. The number of ether oxygens (including phenoxy) is 5. The summed E-state index contributed by atoms with van der Waals surface area (Å²) in [6, 6.07) is 8.21. The van der Waals surface area contributed by atoms with E-state index < -0.39 is 34.1 Å². The van der Waals surface area contributed by atoms with Gasteiger partial charge < -0.3 is 33.9 Å². The van der Waals surface area contributed by atoms with Gasteiger partial charge in [0, 0.05) is 30.6 Å². The molecular formula is C31H44O7. The first-order valence-electron chi connectivity index (χ1n) is 14.7. The van der Waals surface area contributed by atoms with E-state index in [0.717, 1.165) is 43.4 Å². The van der Waals surface area contributed by atoms with Crippen LogP contribution in [0.4, 0.5) is 0 Å². The molecule has 6 fully saturated rings. The summed E-state index contributed by atoms with van der Waals surface area (Å²) in [6.45, 7) is 9.26. The number of hydrogen-bond donors (Lipinski definition) is 2. The number of fused-ring (bicyclic) bond motifs is 6. The van der Waals surface area contributed by atoms with E-state index in [1.165, 1.54) is 0 Å². The van der Waals surface area contributed by atoms with Crippen LogP contribution in [0.25, 0.3) is 0 Å². The van der Waals surface area contributed by atoms with E-state index in [0.29, 0.717) is 39.3 Å². The SMILES string of the molecule is COc1ccc(C2[C@H](O)[C@@]3(C)[C@@H](CCC34OCCO4)[C@]3(C)CC[C@@]4(O)CC5(CC[C@]4(C)[C@@H]23)OCCO5)cc1. The van der Waals surface area contributed by atoms with E-state index in [4.69, 9.17) is 23.7 Å². The Balaban J connectivity index is 1.39. The normalized spacial score (nSPS) is 48.6. The number of aliphatic hydroxyl groups is 2. The van der Waals surface area contributed by atoms with Crippen molar-refractivity contribution in [2.24, 2.45) is 28.1 Å². The molecular weight excluding hydrogens is 484 g/mol. The summed E-state index contributed by atoms with van der Waals surface area (Å²) in [5, 5.41) is 25.2. The minimum absolute atomic E-state index is 0.0607. The second kappa shape index (κ2) is 8.17. The van der Waals surface area contributed by atoms with Crippen LogP contribution in [0.15, 0.2) is 24.3 Å². The van der Waals surface area contributed by atoms with Gasteiger partial charge in [0.2, 0.25) is 0 Å². The van der Waals surface area contributed by atoms with Gasteiger partial charge in [0.15, 0.2) is 11.6 Å². The fourth-order valence-corrected chi connectivity index (χ4v) is 10.8. The quantitative estimate of drug-likeness (QED) is 0.589. The van der Waals surface area contributed by atoms with Gasteiger partial charge in [-0.3, -0.25) is 0 Å². The molecule has 2 spiro atoms. The second-order valence-electron chi connectivity index (χ2n) is 13.8. The molecule has 2 heterocycles. The zero-order valence-corrected chi connectivity index (χ0v) is 23.3. The van der Waals surface area contributed by atoms with Gasteiger partial charge in [0.25, 0.3) is 0 Å². The third-order valence-electron chi connectivity index (χ3n) is 12.6. The molecule has 0 bridgehead atoms. The molecule has 0 amide bonds. The minimum Gasteiger partial charge on any atom is -0.497 e. The minimum atomic E-state index is -0.936. The maximum atomic E-state index is 12.6. The fourth-order valence-electron chi connectivity index (χ4n) is 10.8. The highest BCUT2D eigenvalue weighted by Crippen LogP contribution is 2.77. The first-order valence-corrected chi connectivity index (χ1v) is 14.7. The average molecular weight is 529 g/mol. The van der Waals surface area contributed by atoms with Crippen molar-refractivity contribution < 1.29 is 33.9 Å². The Kier molecular flexibility index (Phi) is 5.53. The molecule has 210 valence electrons. The van der Waals surface area contributed by atoms with Crippen molar-refractivity contribution in [1.82, 2.24) is 0 Å². The third-order valence-corrected chi connectivity index (χ3v) is 12.6. The first-order chi connectivity index (χ1) is 18.1. The predicted molar refractivity (Wildman–Crippen MR) is 140 cm³/mol. The number of hydrogen-bond acceptors (Lipinski definition) is 7. The van der Waals surface area contributed by atoms with Crippen LogP contribution in [-0.2, 0) is 18.9 Å². The number of aliphatic hydroxyl groups excluding tert-OH is 1. The maximum absolute atomic E-state index is 12.6. The van der Waals surface area contributed by atoms with Gasteiger partial charge in [-0.15, -0.1) is 0 Å². The smallest absolute Gasteiger partial charge is 0.176 e. The van der Waals surface area contributed by atoms with Crippen molar-refractivity contribution in [2.45, 2.75) is 94.9 Å². The van der Waals surface area contributed by atoms with Gasteiger partial charge >= 0.3 is 0 Å². The van der Waals surface area contributed by atoms with E-state index in [-0.39, 0.29) is 23.2 Å². The molecule has 0 radical (unpaired) electrons. The van der Waals surface area contributed by atoms with Crippen molar-refractivity contribution in [2.75, 3.05) is 33.5 Å². The van der Waals surface area contributed by atoms with Gasteiger partial charge in [0.05, 0.1) is 50.7 Å². The molecule has 2 saturated heterocycles. The Morgan fingerprint density at radius 2 is 1.50 bits per heavy atom. The van der Waals surface area contributed by atoms with Crippen molar-refractivity contribution >= 4 is 0 Å². The van der Waals surface area contributed by atoms with E-state index in [9.17, 15) is 10.2 Å². The van der Waals surface area contributed by atoms with Crippen LogP contribution < -0.4 is 4.74 Å². The summed E-state index contributed by atoms with van der Waals surface area (Å²) in [4.78, 5) is 0. The number of rotatable bonds is 2. The van der Waals surface area contributed by atoms with Gasteiger partial charge in [-0.1, -0.05) is 32.9 Å². The topological polar surface area (TPSA) is 86.6 Å². The Morgan fingerprint density at radius 1 is 0.842 bits per heavy atom. The molecule has 4 saturated carbocycles. The lowest BCUT2D eigenvalue weighted by molar-refractivity contribution is -0.331. The van der Waals surface area contributed by atoms with Gasteiger partial charge in [-0.2, -0.15) is 0 Å². The van der Waals surface area contributed by atoms with Crippen LogP contribution >= 0.6 is 0 Å². The Bertz CT molecular complexity index is 1080. The van der Waals surface area contributed by atoms with E-state index in [1.807, 2.05) is 12.1 Å². The Labute approximate surface area is 226 Å². The average Bonchev–Trinajstić information content (AvgIpc) is 3.64. The van der Waals surface area contributed by atoms with Gasteiger partial charge in [0.1, 0.15) is 5.75 Å². The van der Waals surface area contributed by atoms with Crippen molar-refractivity contribution in [3.63, 3.8) is 0 Å². The van der Waals surface area contributed by atoms with Crippen LogP contribution in [0.5, 0.6) is 5.75 Å². The lowest BCUT2D eigenvalue weighted by Crippen LogP contribution is -2.73. The Hall–Kier alpha value is -1.22. The third kappa shape index (κ3) is 3.01. The highest BCUT2D eigenvalue weighted by molar-refractivity contribution is 5.36. The number of methoxy groups -OCH3 is 1. The highest BCUT2D eigenvalue weighted by atomic mass is 16.7. The molecule has 0 aromatic heterocycles. The van der Waals surface area contributed by atoms with Crippen LogP contribution in [-0.4, -0.2) is 67.0 Å². The van der Waals surface area contributed by atoms with Crippen molar-refractivity contribution in [1.29, 1.82) is 0 Å². The summed E-state index contributed by atoms with van der Waals surface area (Å²) < 4.78 is 30.6. The maximum Gasteiger partial charge on any atom is 0.176 e. The summed E-state index contributed by atoms with van der Waals surface area (Å²) >= 11 is 0. The van der Waals surface area contributed by atoms with E-state index >= 15 is 0 Å². The molecule has 7 heteroatoms. The molecule has 38 heavy (non-hydrogen) atoms. The molecule has 7 nitrogen and oxygen atoms in total. The molecule has 4 aliphatic carbocycles. The molecule has 1 aromatic rings. The van der Waals surface area contributed by atoms with Crippen LogP contribution in [0.3, 0.4) is 0 Å². The molecule has 6 aliphatic rings. The van der Waals surface area contributed by atoms with Crippen LogP contribution in [0.1, 0.15) is 77.2 Å². The molecule has 2 aliphatic heterocycles. The second-order valence-corrected chi connectivity index (χ2v) is 13.8. The Morgan fingerprint density at radius 3 is 2.16 bits per heavy atom. The van der Waals surface area contributed by atoms with E-state index in [1.54, 1.807) is 7.11 Å². The molecule has 8 atom stereocenters. The van der Waals surface area contributed by atoms with Crippen molar-refractivity contribution in [3.8, 4) is 5.75 Å². The van der Waals surface area contributed by atoms with Gasteiger partial charge in [-0.25, -0.2) is 0 Å². The van der Waals surface area contributed by atoms with Crippen LogP contribution in [0.2, 0.25) is 0 Å². The van der Waals surface area contributed by atoms with Gasteiger partial charge in [-0.05, 0) is 60.6 Å². The standard InChI is InChI=1S/C31H44O7/c1-26-11-13-29(33)19-30(35-15-16-36-30)14-12-27(29,2)24(26)23(20-5-7-21(34-4)8-6-20)25(32)28(3)22(26)9-10-31(28)37-17-18-38-31/h5-8,22-25,32-33H,9-19H2,1-4H3/t22-,23?,24-,25-,26-,27+,28+,29+/m0/s1. The zero-order chi connectivity index (χ0) is 26.6. The lowest BCUT2D eigenvalue weighted by atomic mass is 9.35. The predicted octanol–water partition coefficient (Wildman–Crippen LogP) is 4.39. The van der Waals surface area contributed by atoms with Crippen molar-refractivity contribution in [3.05, 3.63) is 29.8 Å². The van der Waals surface area contributed by atoms with Crippen LogP contribution in [0, 0.1) is 28.1 Å². The summed E-state index contributed by atoms with van der Waals surface area (Å²) in [7, 11) is 1.68. The first kappa shape index (κ1) is 25.7. The highest BCUT2D eigenvalue weighted by Gasteiger charge is 2.78. The lowest BCUT2D eigenvalue weighted by Gasteiger charge is -2.72. The molecule has 1 aromatic carbocycles. The molecule has 7 rings (SSSR count). The number of benzene rings is 1. The summed E-state index contributed by atoms with van der Waals surface area (Å²) in [5.41, 5.74) is -0.929. The van der Waals surface area contributed by atoms with E-state index in [2.05, 4.69) is 32.9 Å². The monoisotopic (exact) mass is 528 g/mol. The molecule has 2 N–H and O–H groups in total. The summed E-state index contributed by atoms with van der Waals surface area (Å²) in [5.74, 6) is -0.544. The molecule has 1 unspecified atom stereocenters. The fraction of sp³-hybridized carbons (Fsp3) is 0.806. The zero-order valence-electron chi connectivity index (χ0n) is 23.3. The summed E-state index contributed by atoms with van der Waals surface area (Å²) in [6.07, 6.45) is 4.72.